The van der Waals surface area contributed by atoms with Crippen LogP contribution in [0.5, 0.6) is 5.75 Å². The minimum Gasteiger partial charge on any atom is -0.497 e. The molecule has 2 N–H and O–H groups in total. The number of rotatable bonds is 6. The fourth-order valence-corrected chi connectivity index (χ4v) is 4.53. The van der Waals surface area contributed by atoms with Gasteiger partial charge in [-0.1, -0.05) is 30.3 Å². The van der Waals surface area contributed by atoms with Crippen LogP contribution in [0.15, 0.2) is 66.0 Å². The molecule has 0 fully saturated rings. The SMILES string of the molecule is COc1cccc(NC(=O)C(=O)NC[C@@H](c2cccs2)N2CCc3ccccc32)c1. The molecule has 6 nitrogen and oxygen atoms in total. The molecule has 1 aromatic heterocycles. The van der Waals surface area contributed by atoms with E-state index in [1.807, 2.05) is 23.6 Å². The number of amides is 2. The topological polar surface area (TPSA) is 70.7 Å². The van der Waals surface area contributed by atoms with Crippen LogP contribution in [0.2, 0.25) is 0 Å². The molecule has 0 aliphatic carbocycles. The number of benzene rings is 2. The summed E-state index contributed by atoms with van der Waals surface area (Å²) < 4.78 is 5.15. The van der Waals surface area contributed by atoms with Crippen molar-refractivity contribution < 1.29 is 14.3 Å². The van der Waals surface area contributed by atoms with Gasteiger partial charge in [-0.15, -0.1) is 11.3 Å². The summed E-state index contributed by atoms with van der Waals surface area (Å²) in [5.41, 5.74) is 3.00. The van der Waals surface area contributed by atoms with Gasteiger partial charge in [0, 0.05) is 35.4 Å². The van der Waals surface area contributed by atoms with E-state index >= 15 is 0 Å². The van der Waals surface area contributed by atoms with Gasteiger partial charge in [-0.05, 0) is 41.6 Å². The summed E-state index contributed by atoms with van der Waals surface area (Å²) in [5, 5.41) is 7.46. The van der Waals surface area contributed by atoms with Crippen molar-refractivity contribution in [3.63, 3.8) is 0 Å². The first-order valence-electron chi connectivity index (χ1n) is 9.77. The lowest BCUT2D eigenvalue weighted by molar-refractivity contribution is -0.136. The zero-order valence-electron chi connectivity index (χ0n) is 16.6. The van der Waals surface area contributed by atoms with Gasteiger partial charge in [-0.25, -0.2) is 0 Å². The maximum absolute atomic E-state index is 12.5. The summed E-state index contributed by atoms with van der Waals surface area (Å²) in [7, 11) is 1.55. The standard InChI is InChI=1S/C23H23N3O3S/c1-29-18-8-4-7-17(14-18)25-23(28)22(27)24-15-20(21-10-5-13-30-21)26-12-11-16-6-2-3-9-19(16)26/h2-10,13-14,20H,11-12,15H2,1H3,(H,24,27)(H,25,28)/t20-/m0/s1. The highest BCUT2D eigenvalue weighted by molar-refractivity contribution is 7.10. The molecule has 0 bridgehead atoms. The first-order valence-corrected chi connectivity index (χ1v) is 10.6. The third kappa shape index (κ3) is 4.31. The molecule has 0 unspecified atom stereocenters. The van der Waals surface area contributed by atoms with Crippen LogP contribution in [-0.2, 0) is 16.0 Å². The van der Waals surface area contributed by atoms with E-state index < -0.39 is 11.8 Å². The summed E-state index contributed by atoms with van der Waals surface area (Å²) in [6, 6.07) is 19.3. The lowest BCUT2D eigenvalue weighted by atomic mass is 10.1. The molecule has 3 aromatic rings. The summed E-state index contributed by atoms with van der Waals surface area (Å²) in [5.74, 6) is -0.750. The second-order valence-electron chi connectivity index (χ2n) is 7.00. The van der Waals surface area contributed by atoms with Crippen molar-refractivity contribution in [3.8, 4) is 5.75 Å². The first kappa shape index (κ1) is 20.0. The Kier molecular flexibility index (Phi) is 5.99. The smallest absolute Gasteiger partial charge is 0.313 e. The summed E-state index contributed by atoms with van der Waals surface area (Å²) in [6.07, 6.45) is 0.975. The van der Waals surface area contributed by atoms with Gasteiger partial charge < -0.3 is 20.3 Å². The van der Waals surface area contributed by atoms with Gasteiger partial charge in [0.15, 0.2) is 0 Å². The molecule has 2 amide bonds. The van der Waals surface area contributed by atoms with E-state index in [-0.39, 0.29) is 6.04 Å². The Bertz CT molecular complexity index is 1040. The summed E-state index contributed by atoms with van der Waals surface area (Å²) in [4.78, 5) is 28.3. The lowest BCUT2D eigenvalue weighted by Gasteiger charge is -2.30. The van der Waals surface area contributed by atoms with Crippen LogP contribution in [0.25, 0.3) is 0 Å². The van der Waals surface area contributed by atoms with Crippen molar-refractivity contribution in [1.29, 1.82) is 0 Å². The number of nitrogens with one attached hydrogen (secondary N) is 2. The molecule has 0 saturated heterocycles. The third-order valence-corrected chi connectivity index (χ3v) is 6.13. The molecule has 1 aliphatic heterocycles. The van der Waals surface area contributed by atoms with Crippen molar-refractivity contribution in [3.05, 3.63) is 76.5 Å². The van der Waals surface area contributed by atoms with Gasteiger partial charge in [0.1, 0.15) is 5.75 Å². The molecule has 30 heavy (non-hydrogen) atoms. The number of methoxy groups -OCH3 is 1. The highest BCUT2D eigenvalue weighted by Gasteiger charge is 2.28. The molecular formula is C23H23N3O3S. The van der Waals surface area contributed by atoms with Gasteiger partial charge in [0.25, 0.3) is 0 Å². The molecule has 4 rings (SSSR count). The monoisotopic (exact) mass is 421 g/mol. The molecule has 0 saturated carbocycles. The number of anilines is 2. The molecule has 2 heterocycles. The number of hydrogen-bond donors (Lipinski definition) is 2. The molecular weight excluding hydrogens is 398 g/mol. The third-order valence-electron chi connectivity index (χ3n) is 5.16. The van der Waals surface area contributed by atoms with Crippen LogP contribution >= 0.6 is 11.3 Å². The zero-order chi connectivity index (χ0) is 20.9. The number of fused-ring (bicyclic) bond motifs is 1. The summed E-state index contributed by atoms with van der Waals surface area (Å²) in [6.45, 7) is 1.23. The summed E-state index contributed by atoms with van der Waals surface area (Å²) >= 11 is 1.65. The van der Waals surface area contributed by atoms with E-state index in [9.17, 15) is 9.59 Å². The molecule has 1 atom stereocenters. The Balaban J connectivity index is 1.44. The normalized spacial score (nSPS) is 13.4. The lowest BCUT2D eigenvalue weighted by Crippen LogP contribution is -2.41. The fourth-order valence-electron chi connectivity index (χ4n) is 3.69. The average molecular weight is 422 g/mol. The molecule has 0 radical (unpaired) electrons. The van der Waals surface area contributed by atoms with E-state index in [2.05, 4.69) is 33.7 Å². The Morgan fingerprint density at radius 1 is 1.10 bits per heavy atom. The van der Waals surface area contributed by atoms with Crippen molar-refractivity contribution in [2.24, 2.45) is 0 Å². The van der Waals surface area contributed by atoms with Crippen LogP contribution in [0.1, 0.15) is 16.5 Å². The highest BCUT2D eigenvalue weighted by Crippen LogP contribution is 2.36. The molecule has 2 aromatic carbocycles. The van der Waals surface area contributed by atoms with Gasteiger partial charge in [-0.2, -0.15) is 0 Å². The minimum atomic E-state index is -0.699. The highest BCUT2D eigenvalue weighted by atomic mass is 32.1. The number of carbonyl (C=O) groups is 2. The predicted octanol–water partition coefficient (Wildman–Crippen LogP) is 3.62. The average Bonchev–Trinajstić information content (AvgIpc) is 3.45. The number of nitrogens with zero attached hydrogens (tertiary/aromatic N) is 1. The number of para-hydroxylation sites is 1. The van der Waals surface area contributed by atoms with Crippen molar-refractivity contribution in [2.45, 2.75) is 12.5 Å². The van der Waals surface area contributed by atoms with Crippen LogP contribution in [0.4, 0.5) is 11.4 Å². The van der Waals surface area contributed by atoms with Crippen LogP contribution in [0, 0.1) is 0 Å². The van der Waals surface area contributed by atoms with Gasteiger partial charge in [0.2, 0.25) is 0 Å². The Morgan fingerprint density at radius 3 is 2.77 bits per heavy atom. The largest absolute Gasteiger partial charge is 0.497 e. The minimum absolute atomic E-state index is 0.0257. The molecule has 154 valence electrons. The van der Waals surface area contributed by atoms with E-state index in [1.54, 1.807) is 42.7 Å². The Morgan fingerprint density at radius 2 is 1.97 bits per heavy atom. The van der Waals surface area contributed by atoms with Gasteiger partial charge in [0.05, 0.1) is 13.2 Å². The maximum Gasteiger partial charge on any atom is 0.313 e. The first-order chi connectivity index (χ1) is 14.7. The van der Waals surface area contributed by atoms with Crippen LogP contribution in [-0.4, -0.2) is 32.0 Å². The zero-order valence-corrected chi connectivity index (χ0v) is 17.4. The number of ether oxygens (including phenoxy) is 1. The quantitative estimate of drug-likeness (QED) is 0.597. The molecule has 1 aliphatic rings. The maximum atomic E-state index is 12.5. The molecule has 7 heteroatoms. The van der Waals surface area contributed by atoms with Gasteiger partial charge in [-0.3, -0.25) is 9.59 Å². The van der Waals surface area contributed by atoms with Gasteiger partial charge >= 0.3 is 11.8 Å². The Labute approximate surface area is 179 Å². The number of carbonyl (C=O) groups excluding carboxylic acids is 2. The number of thiophene rings is 1. The van der Waals surface area contributed by atoms with E-state index in [1.165, 1.54) is 11.3 Å². The van der Waals surface area contributed by atoms with Crippen LogP contribution < -0.4 is 20.3 Å². The molecule has 0 spiro atoms. The van der Waals surface area contributed by atoms with Crippen molar-refractivity contribution >= 4 is 34.5 Å². The fraction of sp³-hybridized carbons (Fsp3) is 0.217. The van der Waals surface area contributed by atoms with E-state index in [4.69, 9.17) is 4.74 Å². The van der Waals surface area contributed by atoms with E-state index in [0.717, 1.165) is 17.8 Å². The van der Waals surface area contributed by atoms with Crippen molar-refractivity contribution in [2.75, 3.05) is 30.4 Å². The second-order valence-corrected chi connectivity index (χ2v) is 7.98. The van der Waals surface area contributed by atoms with Crippen molar-refractivity contribution in [1.82, 2.24) is 5.32 Å². The second kappa shape index (κ2) is 9.00. The predicted molar refractivity (Wildman–Crippen MR) is 119 cm³/mol. The van der Waals surface area contributed by atoms with Crippen LogP contribution in [0.3, 0.4) is 0 Å². The number of hydrogen-bond acceptors (Lipinski definition) is 5. The Hall–Kier alpha value is -3.32. The van der Waals surface area contributed by atoms with E-state index in [0.29, 0.717) is 18.0 Å².